The predicted molar refractivity (Wildman–Crippen MR) is 96.7 cm³/mol. The van der Waals surface area contributed by atoms with Crippen molar-refractivity contribution < 1.29 is 9.53 Å². The molecule has 1 N–H and O–H groups in total. The SMILES string of the molecule is O=C(c1cnc[nH]1)c1cccc2cc(OCc3ccccc3)ccc12. The molecule has 4 heteroatoms. The Hall–Kier alpha value is -3.40. The van der Waals surface area contributed by atoms with Crippen LogP contribution in [-0.2, 0) is 6.61 Å². The summed E-state index contributed by atoms with van der Waals surface area (Å²) in [5.41, 5.74) is 2.25. The normalized spacial score (nSPS) is 10.7. The van der Waals surface area contributed by atoms with E-state index >= 15 is 0 Å². The number of rotatable bonds is 5. The van der Waals surface area contributed by atoms with Crippen LogP contribution in [0, 0.1) is 0 Å². The molecule has 0 saturated heterocycles. The van der Waals surface area contributed by atoms with E-state index in [1.165, 1.54) is 6.33 Å². The maximum atomic E-state index is 12.6. The maximum Gasteiger partial charge on any atom is 0.211 e. The summed E-state index contributed by atoms with van der Waals surface area (Å²) < 4.78 is 5.87. The van der Waals surface area contributed by atoms with E-state index in [2.05, 4.69) is 9.97 Å². The van der Waals surface area contributed by atoms with Gasteiger partial charge in [-0.3, -0.25) is 4.79 Å². The van der Waals surface area contributed by atoms with Crippen LogP contribution in [-0.4, -0.2) is 15.8 Å². The molecule has 122 valence electrons. The molecule has 25 heavy (non-hydrogen) atoms. The lowest BCUT2D eigenvalue weighted by atomic mass is 10.00. The summed E-state index contributed by atoms with van der Waals surface area (Å²) in [6, 6.07) is 21.5. The number of benzene rings is 3. The monoisotopic (exact) mass is 328 g/mol. The van der Waals surface area contributed by atoms with Crippen molar-refractivity contribution in [2.75, 3.05) is 0 Å². The lowest BCUT2D eigenvalue weighted by Gasteiger charge is -2.09. The quantitative estimate of drug-likeness (QED) is 0.553. The van der Waals surface area contributed by atoms with Crippen LogP contribution in [0.15, 0.2) is 79.3 Å². The Bertz CT molecular complexity index is 1010. The molecule has 0 saturated carbocycles. The standard InChI is InChI=1S/C21H16N2O2/c24-21(20-12-22-14-23-20)19-8-4-7-16-11-17(9-10-18(16)19)25-13-15-5-2-1-3-6-15/h1-12,14H,13H2,(H,22,23). The summed E-state index contributed by atoms with van der Waals surface area (Å²) in [4.78, 5) is 19.4. The summed E-state index contributed by atoms with van der Waals surface area (Å²) in [6.07, 6.45) is 3.05. The summed E-state index contributed by atoms with van der Waals surface area (Å²) in [5, 5.41) is 1.87. The second-order valence-electron chi connectivity index (χ2n) is 5.76. The van der Waals surface area contributed by atoms with Crippen LogP contribution in [0.2, 0.25) is 0 Å². The third-order valence-corrected chi connectivity index (χ3v) is 4.09. The number of imidazole rings is 1. The number of hydrogen-bond donors (Lipinski definition) is 1. The first-order chi connectivity index (χ1) is 12.3. The molecular weight excluding hydrogens is 312 g/mol. The first-order valence-electron chi connectivity index (χ1n) is 8.04. The van der Waals surface area contributed by atoms with Gasteiger partial charge in [-0.2, -0.15) is 0 Å². The average Bonchev–Trinajstić information content (AvgIpc) is 3.21. The lowest BCUT2D eigenvalue weighted by molar-refractivity contribution is 0.103. The number of H-pyrrole nitrogens is 1. The van der Waals surface area contributed by atoms with Crippen molar-refractivity contribution in [1.29, 1.82) is 0 Å². The number of nitrogens with one attached hydrogen (secondary N) is 1. The second-order valence-corrected chi connectivity index (χ2v) is 5.76. The van der Waals surface area contributed by atoms with Gasteiger partial charge in [0.2, 0.25) is 5.78 Å². The molecule has 0 aliphatic carbocycles. The lowest BCUT2D eigenvalue weighted by Crippen LogP contribution is -2.02. The minimum atomic E-state index is -0.0685. The third kappa shape index (κ3) is 3.15. The largest absolute Gasteiger partial charge is 0.489 e. The Labute approximate surface area is 145 Å². The maximum absolute atomic E-state index is 12.6. The second kappa shape index (κ2) is 6.61. The molecule has 1 aromatic heterocycles. The predicted octanol–water partition coefficient (Wildman–Crippen LogP) is 4.37. The molecule has 0 bridgehead atoms. The number of hydrogen-bond acceptors (Lipinski definition) is 3. The highest BCUT2D eigenvalue weighted by molar-refractivity contribution is 6.15. The van der Waals surface area contributed by atoms with Gasteiger partial charge in [0.25, 0.3) is 0 Å². The summed E-state index contributed by atoms with van der Waals surface area (Å²) >= 11 is 0. The van der Waals surface area contributed by atoms with E-state index in [9.17, 15) is 4.79 Å². The van der Waals surface area contributed by atoms with E-state index in [0.29, 0.717) is 17.9 Å². The molecule has 4 nitrogen and oxygen atoms in total. The van der Waals surface area contributed by atoms with E-state index in [0.717, 1.165) is 22.1 Å². The van der Waals surface area contributed by atoms with Gasteiger partial charge in [-0.1, -0.05) is 48.5 Å². The van der Waals surface area contributed by atoms with Crippen molar-refractivity contribution in [3.8, 4) is 5.75 Å². The Morgan fingerprint density at radius 3 is 2.68 bits per heavy atom. The zero-order chi connectivity index (χ0) is 17.1. The summed E-state index contributed by atoms with van der Waals surface area (Å²) in [5.74, 6) is 0.712. The van der Waals surface area contributed by atoms with Crippen LogP contribution < -0.4 is 4.74 Å². The zero-order valence-electron chi connectivity index (χ0n) is 13.5. The molecule has 0 aliphatic rings. The highest BCUT2D eigenvalue weighted by atomic mass is 16.5. The fourth-order valence-electron chi connectivity index (χ4n) is 2.82. The zero-order valence-corrected chi connectivity index (χ0v) is 13.5. The molecule has 0 fully saturated rings. The first kappa shape index (κ1) is 15.1. The van der Waals surface area contributed by atoms with Gasteiger partial charge < -0.3 is 9.72 Å². The molecule has 0 aliphatic heterocycles. The minimum Gasteiger partial charge on any atom is -0.489 e. The molecule has 4 rings (SSSR count). The number of aromatic nitrogens is 2. The highest BCUT2D eigenvalue weighted by Crippen LogP contribution is 2.26. The van der Waals surface area contributed by atoms with E-state index in [-0.39, 0.29) is 5.78 Å². The Kier molecular flexibility index (Phi) is 4.01. The van der Waals surface area contributed by atoms with Crippen LogP contribution in [0.25, 0.3) is 10.8 Å². The van der Waals surface area contributed by atoms with Crippen molar-refractivity contribution >= 4 is 16.6 Å². The third-order valence-electron chi connectivity index (χ3n) is 4.09. The smallest absolute Gasteiger partial charge is 0.211 e. The Morgan fingerprint density at radius 2 is 1.88 bits per heavy atom. The number of carbonyl (C=O) groups is 1. The fraction of sp³-hybridized carbons (Fsp3) is 0.0476. The topological polar surface area (TPSA) is 55.0 Å². The average molecular weight is 328 g/mol. The van der Waals surface area contributed by atoms with Gasteiger partial charge in [0.1, 0.15) is 18.1 Å². The van der Waals surface area contributed by atoms with Crippen LogP contribution in [0.1, 0.15) is 21.6 Å². The Balaban J connectivity index is 1.62. The summed E-state index contributed by atoms with van der Waals surface area (Å²) in [7, 11) is 0. The van der Waals surface area contributed by atoms with E-state index in [4.69, 9.17) is 4.74 Å². The molecular formula is C21H16N2O2. The van der Waals surface area contributed by atoms with Crippen molar-refractivity contribution in [2.45, 2.75) is 6.61 Å². The van der Waals surface area contributed by atoms with E-state index < -0.39 is 0 Å². The molecule has 1 heterocycles. The van der Waals surface area contributed by atoms with Gasteiger partial charge in [0.05, 0.1) is 12.5 Å². The van der Waals surface area contributed by atoms with Gasteiger partial charge in [0, 0.05) is 5.56 Å². The molecule has 3 aromatic carbocycles. The molecule has 0 unspecified atom stereocenters. The number of ketones is 1. The van der Waals surface area contributed by atoms with Crippen LogP contribution in [0.5, 0.6) is 5.75 Å². The number of carbonyl (C=O) groups excluding carboxylic acids is 1. The number of ether oxygens (including phenoxy) is 1. The van der Waals surface area contributed by atoms with Crippen LogP contribution in [0.4, 0.5) is 0 Å². The van der Waals surface area contributed by atoms with Crippen molar-refractivity contribution in [3.63, 3.8) is 0 Å². The number of aromatic amines is 1. The molecule has 0 atom stereocenters. The van der Waals surface area contributed by atoms with Gasteiger partial charge in [-0.15, -0.1) is 0 Å². The van der Waals surface area contributed by atoms with Crippen LogP contribution >= 0.6 is 0 Å². The number of fused-ring (bicyclic) bond motifs is 1. The van der Waals surface area contributed by atoms with Gasteiger partial charge in [0.15, 0.2) is 0 Å². The number of nitrogens with zero attached hydrogens (tertiary/aromatic N) is 1. The van der Waals surface area contributed by atoms with Crippen molar-refractivity contribution in [2.24, 2.45) is 0 Å². The fourth-order valence-corrected chi connectivity index (χ4v) is 2.82. The van der Waals surface area contributed by atoms with E-state index in [1.807, 2.05) is 66.7 Å². The van der Waals surface area contributed by atoms with Gasteiger partial charge in [-0.25, -0.2) is 4.98 Å². The molecule has 0 spiro atoms. The van der Waals surface area contributed by atoms with Crippen molar-refractivity contribution in [3.05, 3.63) is 96.1 Å². The summed E-state index contributed by atoms with van der Waals surface area (Å²) in [6.45, 7) is 0.513. The first-order valence-corrected chi connectivity index (χ1v) is 8.04. The van der Waals surface area contributed by atoms with Crippen molar-refractivity contribution in [1.82, 2.24) is 9.97 Å². The van der Waals surface area contributed by atoms with Gasteiger partial charge in [-0.05, 0) is 34.5 Å². The van der Waals surface area contributed by atoms with Crippen LogP contribution in [0.3, 0.4) is 0 Å². The highest BCUT2D eigenvalue weighted by Gasteiger charge is 2.13. The molecule has 0 radical (unpaired) electrons. The molecule has 4 aromatic rings. The van der Waals surface area contributed by atoms with Gasteiger partial charge >= 0.3 is 0 Å². The Morgan fingerprint density at radius 1 is 1.00 bits per heavy atom. The van der Waals surface area contributed by atoms with E-state index in [1.54, 1.807) is 6.20 Å². The minimum absolute atomic E-state index is 0.0685. The molecule has 0 amide bonds.